The van der Waals surface area contributed by atoms with Crippen molar-refractivity contribution < 1.29 is 9.53 Å². The molecule has 0 radical (unpaired) electrons. The van der Waals surface area contributed by atoms with Gasteiger partial charge in [0.25, 0.3) is 0 Å². The van der Waals surface area contributed by atoms with E-state index in [4.69, 9.17) is 4.74 Å². The number of amides is 1. The molecule has 0 atom stereocenters. The van der Waals surface area contributed by atoms with E-state index in [1.165, 1.54) is 0 Å². The number of carbonyl (C=O) groups excluding carboxylic acids is 1. The molecule has 0 saturated heterocycles. The van der Waals surface area contributed by atoms with Gasteiger partial charge in [-0.25, -0.2) is 9.98 Å². The van der Waals surface area contributed by atoms with Crippen LogP contribution in [0.2, 0.25) is 0 Å². The molecule has 1 heterocycles. The van der Waals surface area contributed by atoms with Crippen LogP contribution in [0.25, 0.3) is 0 Å². The van der Waals surface area contributed by atoms with Gasteiger partial charge in [0.1, 0.15) is 12.3 Å². The Balaban J connectivity index is 2.00. The van der Waals surface area contributed by atoms with Crippen molar-refractivity contribution in [1.29, 1.82) is 0 Å². The molecule has 2 aromatic rings. The predicted molar refractivity (Wildman–Crippen MR) is 116 cm³/mol. The number of rotatable bonds is 8. The minimum atomic E-state index is -0.290. The molecular formula is C21H32N6O2. The van der Waals surface area contributed by atoms with Gasteiger partial charge in [0.15, 0.2) is 5.96 Å². The van der Waals surface area contributed by atoms with Crippen LogP contribution in [0.1, 0.15) is 34.6 Å². The minimum absolute atomic E-state index is 0.0340. The van der Waals surface area contributed by atoms with E-state index in [0.29, 0.717) is 12.5 Å². The summed E-state index contributed by atoms with van der Waals surface area (Å²) in [5, 5.41) is 9.40. The molecule has 29 heavy (non-hydrogen) atoms. The molecule has 3 N–H and O–H groups in total. The van der Waals surface area contributed by atoms with Crippen LogP contribution in [-0.4, -0.2) is 46.2 Å². The van der Waals surface area contributed by atoms with Crippen molar-refractivity contribution in [2.24, 2.45) is 4.99 Å². The second kappa shape index (κ2) is 10.5. The van der Waals surface area contributed by atoms with E-state index >= 15 is 0 Å². The Morgan fingerprint density at radius 1 is 1.24 bits per heavy atom. The van der Waals surface area contributed by atoms with E-state index in [9.17, 15) is 4.79 Å². The van der Waals surface area contributed by atoms with Gasteiger partial charge in [-0.2, -0.15) is 0 Å². The number of carbonyl (C=O) groups is 1. The first kappa shape index (κ1) is 22.3. The summed E-state index contributed by atoms with van der Waals surface area (Å²) in [6, 6.07) is 7.63. The Labute approximate surface area is 172 Å². The third-order valence-corrected chi connectivity index (χ3v) is 3.61. The highest BCUT2D eigenvalue weighted by molar-refractivity contribution is 5.95. The lowest BCUT2D eigenvalue weighted by molar-refractivity contribution is -0.121. The van der Waals surface area contributed by atoms with Gasteiger partial charge in [-0.15, -0.1) is 0 Å². The van der Waals surface area contributed by atoms with Crippen LogP contribution in [0.3, 0.4) is 0 Å². The lowest BCUT2D eigenvalue weighted by atomic mass is 10.1. The van der Waals surface area contributed by atoms with E-state index in [0.717, 1.165) is 18.0 Å². The normalized spacial score (nSPS) is 12.0. The van der Waals surface area contributed by atoms with Crippen LogP contribution < -0.4 is 20.7 Å². The second-order valence-electron chi connectivity index (χ2n) is 8.01. The highest BCUT2D eigenvalue weighted by Gasteiger charge is 2.13. The third-order valence-electron chi connectivity index (χ3n) is 3.61. The largest absolute Gasteiger partial charge is 0.491 e. The molecule has 1 aromatic carbocycles. The summed E-state index contributed by atoms with van der Waals surface area (Å²) in [5.74, 6) is 1.21. The number of ether oxygens (including phenoxy) is 1. The average molecular weight is 401 g/mol. The van der Waals surface area contributed by atoms with Crippen LogP contribution in [0.15, 0.2) is 48.0 Å². The summed E-state index contributed by atoms with van der Waals surface area (Å²) in [5.41, 5.74) is 0.563. The zero-order valence-corrected chi connectivity index (χ0v) is 17.9. The Kier molecular flexibility index (Phi) is 8.06. The summed E-state index contributed by atoms with van der Waals surface area (Å²) in [4.78, 5) is 20.6. The molecule has 8 heteroatoms. The van der Waals surface area contributed by atoms with Gasteiger partial charge in [-0.3, -0.25) is 4.79 Å². The standard InChI is InChI=1S/C21H32N6O2/c1-16(2)29-18-8-6-17(7-9-18)25-20(23-11-13-27-12-10-22-15-27)24-14-19(28)26-21(3,4)5/h6-10,12,15-16H,11,13-14H2,1-5H3,(H,26,28)(H2,23,24,25). The first-order valence-corrected chi connectivity index (χ1v) is 9.80. The van der Waals surface area contributed by atoms with Crippen molar-refractivity contribution in [3.05, 3.63) is 43.0 Å². The molecule has 0 aliphatic rings. The van der Waals surface area contributed by atoms with Crippen molar-refractivity contribution in [1.82, 2.24) is 20.2 Å². The van der Waals surface area contributed by atoms with Crippen molar-refractivity contribution >= 4 is 17.6 Å². The summed E-state index contributed by atoms with van der Waals surface area (Å²) in [7, 11) is 0. The van der Waals surface area contributed by atoms with Crippen LogP contribution in [0.4, 0.5) is 5.69 Å². The SMILES string of the molecule is CC(C)Oc1ccc(NC(=NCC(=O)NC(C)(C)C)NCCn2ccnc2)cc1. The van der Waals surface area contributed by atoms with Crippen LogP contribution in [0, 0.1) is 0 Å². The molecule has 2 rings (SSSR count). The lowest BCUT2D eigenvalue weighted by Gasteiger charge is -2.20. The summed E-state index contributed by atoms with van der Waals surface area (Å²) in [6.07, 6.45) is 5.52. The second-order valence-corrected chi connectivity index (χ2v) is 8.01. The zero-order valence-electron chi connectivity index (χ0n) is 17.9. The van der Waals surface area contributed by atoms with Crippen molar-refractivity contribution in [2.75, 3.05) is 18.4 Å². The maximum absolute atomic E-state index is 12.1. The van der Waals surface area contributed by atoms with E-state index in [1.54, 1.807) is 12.5 Å². The van der Waals surface area contributed by atoms with E-state index in [1.807, 2.05) is 69.6 Å². The fourth-order valence-corrected chi connectivity index (χ4v) is 2.50. The number of imidazole rings is 1. The van der Waals surface area contributed by atoms with Crippen molar-refractivity contribution in [2.45, 2.75) is 52.8 Å². The molecule has 0 spiro atoms. The van der Waals surface area contributed by atoms with Crippen molar-refractivity contribution in [3.63, 3.8) is 0 Å². The number of nitrogens with zero attached hydrogens (tertiary/aromatic N) is 3. The van der Waals surface area contributed by atoms with Crippen LogP contribution in [-0.2, 0) is 11.3 Å². The molecule has 0 bridgehead atoms. The number of hydrogen-bond donors (Lipinski definition) is 3. The van der Waals surface area contributed by atoms with Gasteiger partial charge in [-0.05, 0) is 58.9 Å². The Morgan fingerprint density at radius 3 is 2.55 bits per heavy atom. The van der Waals surface area contributed by atoms with E-state index < -0.39 is 0 Å². The first-order valence-electron chi connectivity index (χ1n) is 9.80. The Hall–Kier alpha value is -3.03. The van der Waals surface area contributed by atoms with Crippen molar-refractivity contribution in [3.8, 4) is 5.75 Å². The molecular weight excluding hydrogens is 368 g/mol. The summed E-state index contributed by atoms with van der Waals surface area (Å²) >= 11 is 0. The number of nitrogens with one attached hydrogen (secondary N) is 3. The number of guanidine groups is 1. The average Bonchev–Trinajstić information content (AvgIpc) is 3.12. The molecule has 0 aliphatic heterocycles. The number of anilines is 1. The van der Waals surface area contributed by atoms with Gasteiger partial charge in [0, 0.05) is 36.7 Å². The predicted octanol–water partition coefficient (Wildman–Crippen LogP) is 2.64. The highest BCUT2D eigenvalue weighted by Crippen LogP contribution is 2.16. The van der Waals surface area contributed by atoms with Gasteiger partial charge >= 0.3 is 0 Å². The maximum atomic E-state index is 12.1. The van der Waals surface area contributed by atoms with E-state index in [2.05, 4.69) is 25.9 Å². The third kappa shape index (κ3) is 9.14. The topological polar surface area (TPSA) is 92.6 Å². The van der Waals surface area contributed by atoms with E-state index in [-0.39, 0.29) is 24.1 Å². The zero-order chi connectivity index (χ0) is 21.3. The quantitative estimate of drug-likeness (QED) is 0.468. The smallest absolute Gasteiger partial charge is 0.242 e. The van der Waals surface area contributed by atoms with Crippen LogP contribution in [0.5, 0.6) is 5.75 Å². The number of aromatic nitrogens is 2. The number of benzene rings is 1. The van der Waals surface area contributed by atoms with Gasteiger partial charge in [0.05, 0.1) is 12.4 Å². The summed E-state index contributed by atoms with van der Waals surface area (Å²) < 4.78 is 7.64. The number of aliphatic imine (C=N–C) groups is 1. The molecule has 0 saturated carbocycles. The van der Waals surface area contributed by atoms with Crippen LogP contribution >= 0.6 is 0 Å². The Bertz CT molecular complexity index is 777. The molecule has 0 fully saturated rings. The molecule has 0 unspecified atom stereocenters. The first-order chi connectivity index (χ1) is 13.7. The molecule has 1 amide bonds. The number of hydrogen-bond acceptors (Lipinski definition) is 4. The maximum Gasteiger partial charge on any atom is 0.242 e. The summed E-state index contributed by atoms with van der Waals surface area (Å²) in [6.45, 7) is 11.2. The molecule has 1 aromatic heterocycles. The highest BCUT2D eigenvalue weighted by atomic mass is 16.5. The Morgan fingerprint density at radius 2 is 1.97 bits per heavy atom. The fourth-order valence-electron chi connectivity index (χ4n) is 2.50. The van der Waals surface area contributed by atoms with Gasteiger partial charge in [0.2, 0.25) is 5.91 Å². The molecule has 8 nitrogen and oxygen atoms in total. The molecule has 158 valence electrons. The monoisotopic (exact) mass is 400 g/mol. The molecule has 0 aliphatic carbocycles. The minimum Gasteiger partial charge on any atom is -0.491 e. The lowest BCUT2D eigenvalue weighted by Crippen LogP contribution is -2.42. The van der Waals surface area contributed by atoms with Gasteiger partial charge < -0.3 is 25.3 Å². The van der Waals surface area contributed by atoms with Gasteiger partial charge in [-0.1, -0.05) is 0 Å². The fraction of sp³-hybridized carbons (Fsp3) is 0.476.